The first kappa shape index (κ1) is 20.3. The molecule has 6 nitrogen and oxygen atoms in total. The van der Waals surface area contributed by atoms with Gasteiger partial charge < -0.3 is 19.5 Å². The Hall–Kier alpha value is -2.45. The third-order valence-corrected chi connectivity index (χ3v) is 6.22. The van der Waals surface area contributed by atoms with Crippen LogP contribution in [0.2, 0.25) is 0 Å². The Kier molecular flexibility index (Phi) is 7.00. The van der Waals surface area contributed by atoms with Gasteiger partial charge in [-0.1, -0.05) is 12.1 Å². The number of aromatic nitrogens is 1. The molecule has 1 amide bonds. The SMILES string of the molecule is COc1cc(OC)c(OC)cc1CNC(=O)CSCc1nc2ccccc2s1. The highest BCUT2D eigenvalue weighted by Gasteiger charge is 2.13. The molecule has 1 aromatic heterocycles. The van der Waals surface area contributed by atoms with Gasteiger partial charge in [0.1, 0.15) is 10.8 Å². The van der Waals surface area contributed by atoms with Crippen LogP contribution in [-0.2, 0) is 17.1 Å². The lowest BCUT2D eigenvalue weighted by atomic mass is 10.1. The lowest BCUT2D eigenvalue weighted by Crippen LogP contribution is -2.25. The van der Waals surface area contributed by atoms with Crippen LogP contribution in [0.3, 0.4) is 0 Å². The fraction of sp³-hybridized carbons (Fsp3) is 0.300. The van der Waals surface area contributed by atoms with E-state index in [2.05, 4.69) is 16.4 Å². The van der Waals surface area contributed by atoms with Gasteiger partial charge in [-0.2, -0.15) is 0 Å². The number of fused-ring (bicyclic) bond motifs is 1. The molecule has 0 unspecified atom stereocenters. The summed E-state index contributed by atoms with van der Waals surface area (Å²) in [4.78, 5) is 16.8. The number of para-hydroxylation sites is 1. The summed E-state index contributed by atoms with van der Waals surface area (Å²) in [6.45, 7) is 0.351. The van der Waals surface area contributed by atoms with Crippen LogP contribution in [0.5, 0.6) is 17.2 Å². The number of nitrogens with zero attached hydrogens (tertiary/aromatic N) is 1. The van der Waals surface area contributed by atoms with Gasteiger partial charge in [0.25, 0.3) is 0 Å². The molecule has 3 rings (SSSR count). The number of carbonyl (C=O) groups excluding carboxylic acids is 1. The minimum Gasteiger partial charge on any atom is -0.496 e. The van der Waals surface area contributed by atoms with Crippen molar-refractivity contribution in [2.45, 2.75) is 12.3 Å². The summed E-state index contributed by atoms with van der Waals surface area (Å²) < 4.78 is 17.2. The lowest BCUT2D eigenvalue weighted by molar-refractivity contribution is -0.118. The molecule has 0 aliphatic heterocycles. The fourth-order valence-electron chi connectivity index (χ4n) is 2.69. The third kappa shape index (κ3) is 4.88. The van der Waals surface area contributed by atoms with E-state index in [4.69, 9.17) is 14.2 Å². The van der Waals surface area contributed by atoms with Crippen LogP contribution in [-0.4, -0.2) is 38.0 Å². The number of nitrogens with one attached hydrogen (secondary N) is 1. The van der Waals surface area contributed by atoms with E-state index in [0.29, 0.717) is 35.3 Å². The molecule has 0 aliphatic carbocycles. The standard InChI is InChI=1S/C20H22N2O4S2/c1-24-15-9-17(26-3)16(25-2)8-13(15)10-21-19(23)11-27-12-20-22-14-6-4-5-7-18(14)28-20/h4-9H,10-12H2,1-3H3,(H,21,23). The van der Waals surface area contributed by atoms with E-state index in [1.54, 1.807) is 50.5 Å². The summed E-state index contributed by atoms with van der Waals surface area (Å²) >= 11 is 3.21. The van der Waals surface area contributed by atoms with Gasteiger partial charge in [0, 0.05) is 23.9 Å². The monoisotopic (exact) mass is 418 g/mol. The predicted molar refractivity (Wildman–Crippen MR) is 114 cm³/mol. The number of hydrogen-bond donors (Lipinski definition) is 1. The van der Waals surface area contributed by atoms with Gasteiger partial charge in [0.15, 0.2) is 11.5 Å². The molecule has 0 saturated carbocycles. The van der Waals surface area contributed by atoms with Gasteiger partial charge in [-0.05, 0) is 18.2 Å². The molecular formula is C20H22N2O4S2. The van der Waals surface area contributed by atoms with Crippen molar-refractivity contribution in [2.75, 3.05) is 27.1 Å². The van der Waals surface area contributed by atoms with Gasteiger partial charge >= 0.3 is 0 Å². The largest absolute Gasteiger partial charge is 0.496 e. The van der Waals surface area contributed by atoms with Crippen LogP contribution in [0.4, 0.5) is 0 Å². The highest BCUT2D eigenvalue weighted by molar-refractivity contribution is 7.99. The molecule has 3 aromatic rings. The van der Waals surface area contributed by atoms with Gasteiger partial charge in [0.2, 0.25) is 5.91 Å². The van der Waals surface area contributed by atoms with Crippen LogP contribution < -0.4 is 19.5 Å². The maximum absolute atomic E-state index is 12.2. The summed E-state index contributed by atoms with van der Waals surface area (Å²) in [6, 6.07) is 11.6. The van der Waals surface area contributed by atoms with Crippen molar-refractivity contribution in [2.24, 2.45) is 0 Å². The number of benzene rings is 2. The first-order valence-electron chi connectivity index (χ1n) is 8.62. The molecule has 28 heavy (non-hydrogen) atoms. The van der Waals surface area contributed by atoms with Gasteiger partial charge in [-0.15, -0.1) is 23.1 Å². The molecule has 0 bridgehead atoms. The zero-order valence-electron chi connectivity index (χ0n) is 16.0. The first-order valence-corrected chi connectivity index (χ1v) is 10.6. The number of rotatable bonds is 9. The molecule has 0 saturated heterocycles. The number of hydrogen-bond acceptors (Lipinski definition) is 7. The molecule has 148 valence electrons. The average Bonchev–Trinajstić information content (AvgIpc) is 3.14. The number of methoxy groups -OCH3 is 3. The maximum Gasteiger partial charge on any atom is 0.230 e. The quantitative estimate of drug-likeness (QED) is 0.569. The van der Waals surface area contributed by atoms with Crippen LogP contribution in [0.15, 0.2) is 36.4 Å². The number of thioether (sulfide) groups is 1. The van der Waals surface area contributed by atoms with E-state index in [-0.39, 0.29) is 5.91 Å². The first-order chi connectivity index (χ1) is 13.6. The highest BCUT2D eigenvalue weighted by Crippen LogP contribution is 2.34. The Labute approximate surface area is 172 Å². The van der Waals surface area contributed by atoms with Crippen molar-refractivity contribution in [3.63, 3.8) is 0 Å². The second-order valence-electron chi connectivity index (χ2n) is 5.86. The van der Waals surface area contributed by atoms with Crippen LogP contribution >= 0.6 is 23.1 Å². The van der Waals surface area contributed by atoms with Gasteiger partial charge in [-0.25, -0.2) is 4.98 Å². The molecule has 0 radical (unpaired) electrons. The molecule has 8 heteroatoms. The van der Waals surface area contributed by atoms with Crippen molar-refractivity contribution >= 4 is 39.2 Å². The van der Waals surface area contributed by atoms with E-state index in [9.17, 15) is 4.79 Å². The second kappa shape index (κ2) is 9.66. The van der Waals surface area contributed by atoms with E-state index < -0.39 is 0 Å². The zero-order chi connectivity index (χ0) is 19.9. The van der Waals surface area contributed by atoms with Crippen LogP contribution in [0, 0.1) is 0 Å². The summed E-state index contributed by atoms with van der Waals surface area (Å²) in [6.07, 6.45) is 0. The van der Waals surface area contributed by atoms with Crippen molar-refractivity contribution < 1.29 is 19.0 Å². The molecule has 0 spiro atoms. The predicted octanol–water partition coefficient (Wildman–Crippen LogP) is 3.87. The Morgan fingerprint density at radius 3 is 2.50 bits per heavy atom. The van der Waals surface area contributed by atoms with Crippen LogP contribution in [0.25, 0.3) is 10.2 Å². The zero-order valence-corrected chi connectivity index (χ0v) is 17.6. The Morgan fingerprint density at radius 2 is 1.79 bits per heavy atom. The summed E-state index contributed by atoms with van der Waals surface area (Å²) in [7, 11) is 4.73. The fourth-order valence-corrected chi connectivity index (χ4v) is 4.57. The number of ether oxygens (including phenoxy) is 3. The van der Waals surface area contributed by atoms with Crippen molar-refractivity contribution in [1.29, 1.82) is 0 Å². The smallest absolute Gasteiger partial charge is 0.230 e. The van der Waals surface area contributed by atoms with E-state index >= 15 is 0 Å². The molecule has 2 aromatic carbocycles. The second-order valence-corrected chi connectivity index (χ2v) is 7.96. The molecule has 1 heterocycles. The normalized spacial score (nSPS) is 10.7. The minimum atomic E-state index is -0.0389. The highest BCUT2D eigenvalue weighted by atomic mass is 32.2. The number of carbonyl (C=O) groups is 1. The molecule has 0 fully saturated rings. The van der Waals surface area contributed by atoms with Gasteiger partial charge in [0.05, 0.1) is 37.3 Å². The Bertz CT molecular complexity index is 926. The van der Waals surface area contributed by atoms with Gasteiger partial charge in [-0.3, -0.25) is 4.79 Å². The average molecular weight is 419 g/mol. The molecular weight excluding hydrogens is 396 g/mol. The topological polar surface area (TPSA) is 69.7 Å². The molecule has 0 aliphatic rings. The van der Waals surface area contributed by atoms with E-state index in [1.165, 1.54) is 4.70 Å². The molecule has 0 atom stereocenters. The minimum absolute atomic E-state index is 0.0389. The number of thiazole rings is 1. The van der Waals surface area contributed by atoms with E-state index in [0.717, 1.165) is 16.1 Å². The Morgan fingerprint density at radius 1 is 1.07 bits per heavy atom. The van der Waals surface area contributed by atoms with E-state index in [1.807, 2.05) is 24.3 Å². The molecule has 1 N–H and O–H groups in total. The Balaban J connectivity index is 1.52. The van der Waals surface area contributed by atoms with Crippen molar-refractivity contribution in [1.82, 2.24) is 10.3 Å². The summed E-state index contributed by atoms with van der Waals surface area (Å²) in [5.74, 6) is 2.86. The van der Waals surface area contributed by atoms with Crippen molar-refractivity contribution in [3.05, 3.63) is 47.0 Å². The maximum atomic E-state index is 12.2. The third-order valence-electron chi connectivity index (χ3n) is 4.06. The summed E-state index contributed by atoms with van der Waals surface area (Å²) in [5.41, 5.74) is 1.83. The summed E-state index contributed by atoms with van der Waals surface area (Å²) in [5, 5.41) is 3.95. The number of amides is 1. The van der Waals surface area contributed by atoms with Crippen LogP contribution in [0.1, 0.15) is 10.6 Å². The lowest BCUT2D eigenvalue weighted by Gasteiger charge is -2.14. The van der Waals surface area contributed by atoms with Crippen molar-refractivity contribution in [3.8, 4) is 17.2 Å².